The third-order valence-corrected chi connectivity index (χ3v) is 2.66. The summed E-state index contributed by atoms with van der Waals surface area (Å²) in [5.41, 5.74) is 3.62. The molecular weight excluding hydrogens is 186 g/mol. The highest BCUT2D eigenvalue weighted by Gasteiger charge is 2.11. The van der Waals surface area contributed by atoms with Crippen molar-refractivity contribution in [2.45, 2.75) is 6.92 Å². The van der Waals surface area contributed by atoms with Crippen molar-refractivity contribution in [2.24, 2.45) is 7.05 Å². The Morgan fingerprint density at radius 2 is 1.80 bits per heavy atom. The van der Waals surface area contributed by atoms with Gasteiger partial charge in [0.15, 0.2) is 0 Å². The molecule has 0 amide bonds. The van der Waals surface area contributed by atoms with Crippen LogP contribution in [0.3, 0.4) is 0 Å². The number of nitrogens with zero attached hydrogens (tertiary/aromatic N) is 1. The zero-order chi connectivity index (χ0) is 10.8. The molecule has 0 saturated carbocycles. The minimum absolute atomic E-state index is 0.941. The van der Waals surface area contributed by atoms with Crippen molar-refractivity contribution < 1.29 is 4.74 Å². The Morgan fingerprint density at radius 3 is 2.33 bits per heavy atom. The van der Waals surface area contributed by atoms with Crippen LogP contribution in [0, 0.1) is 6.92 Å². The second kappa shape index (κ2) is 3.81. The number of rotatable bonds is 2. The fourth-order valence-corrected chi connectivity index (χ4v) is 1.94. The second-order valence-electron chi connectivity index (χ2n) is 3.65. The number of aryl methyl sites for hydroxylation is 1. The van der Waals surface area contributed by atoms with Crippen LogP contribution in [0.25, 0.3) is 11.3 Å². The van der Waals surface area contributed by atoms with Gasteiger partial charge in [-0.05, 0) is 12.5 Å². The van der Waals surface area contributed by atoms with Crippen LogP contribution < -0.4 is 4.74 Å². The summed E-state index contributed by atoms with van der Waals surface area (Å²) < 4.78 is 7.41. The molecule has 0 aliphatic rings. The molecule has 0 aliphatic heterocycles. The van der Waals surface area contributed by atoms with Gasteiger partial charge in [0.2, 0.25) is 0 Å². The Labute approximate surface area is 90.1 Å². The van der Waals surface area contributed by atoms with Crippen molar-refractivity contribution in [1.29, 1.82) is 0 Å². The van der Waals surface area contributed by atoms with Crippen molar-refractivity contribution in [3.05, 3.63) is 42.1 Å². The highest BCUT2D eigenvalue weighted by Crippen LogP contribution is 2.31. The van der Waals surface area contributed by atoms with Crippen LogP contribution in [-0.2, 0) is 7.05 Å². The molecule has 0 unspecified atom stereocenters. The number of benzene rings is 1. The Morgan fingerprint density at radius 1 is 1.13 bits per heavy atom. The summed E-state index contributed by atoms with van der Waals surface area (Å²) in [7, 11) is 3.74. The van der Waals surface area contributed by atoms with Gasteiger partial charge in [-0.15, -0.1) is 0 Å². The molecule has 0 N–H and O–H groups in total. The molecule has 2 rings (SSSR count). The molecule has 0 bridgehead atoms. The Kier molecular flexibility index (Phi) is 2.50. The topological polar surface area (TPSA) is 14.2 Å². The van der Waals surface area contributed by atoms with E-state index in [2.05, 4.69) is 23.6 Å². The predicted octanol–water partition coefficient (Wildman–Crippen LogP) is 3.01. The van der Waals surface area contributed by atoms with Gasteiger partial charge in [0.05, 0.1) is 12.8 Å². The minimum atomic E-state index is 0.941. The molecule has 78 valence electrons. The van der Waals surface area contributed by atoms with E-state index in [4.69, 9.17) is 4.74 Å². The first kappa shape index (κ1) is 9.84. The summed E-state index contributed by atoms with van der Waals surface area (Å²) >= 11 is 0. The third kappa shape index (κ3) is 1.63. The van der Waals surface area contributed by atoms with Crippen LogP contribution in [-0.4, -0.2) is 11.7 Å². The fourth-order valence-electron chi connectivity index (χ4n) is 1.94. The normalized spacial score (nSPS) is 10.3. The van der Waals surface area contributed by atoms with E-state index in [1.807, 2.05) is 31.4 Å². The summed E-state index contributed by atoms with van der Waals surface area (Å²) in [6.07, 6.45) is 2.01. The molecule has 2 heteroatoms. The summed E-state index contributed by atoms with van der Waals surface area (Å²) in [5.74, 6) is 0.941. The first-order valence-corrected chi connectivity index (χ1v) is 4.99. The van der Waals surface area contributed by atoms with Gasteiger partial charge in [-0.3, -0.25) is 0 Å². The molecule has 2 nitrogen and oxygen atoms in total. The average molecular weight is 201 g/mol. The Hall–Kier alpha value is -1.70. The van der Waals surface area contributed by atoms with E-state index in [1.54, 1.807) is 7.11 Å². The number of hydrogen-bond acceptors (Lipinski definition) is 1. The maximum atomic E-state index is 5.31. The first-order valence-electron chi connectivity index (χ1n) is 4.99. The number of hydrogen-bond donors (Lipinski definition) is 0. The van der Waals surface area contributed by atoms with E-state index in [0.29, 0.717) is 0 Å². The van der Waals surface area contributed by atoms with Crippen molar-refractivity contribution in [1.82, 2.24) is 4.57 Å². The smallest absolute Gasteiger partial charge is 0.140 e. The van der Waals surface area contributed by atoms with Gasteiger partial charge in [-0.2, -0.15) is 0 Å². The largest absolute Gasteiger partial charge is 0.495 e. The molecule has 1 aromatic heterocycles. The van der Waals surface area contributed by atoms with Crippen molar-refractivity contribution in [3.63, 3.8) is 0 Å². The van der Waals surface area contributed by atoms with E-state index in [9.17, 15) is 0 Å². The molecule has 2 aromatic rings. The molecule has 0 radical (unpaired) electrons. The summed E-state index contributed by atoms with van der Waals surface area (Å²) in [6, 6.07) is 10.4. The second-order valence-corrected chi connectivity index (χ2v) is 3.65. The van der Waals surface area contributed by atoms with Gasteiger partial charge in [0.1, 0.15) is 5.75 Å². The van der Waals surface area contributed by atoms with Gasteiger partial charge in [-0.25, -0.2) is 0 Å². The van der Waals surface area contributed by atoms with E-state index in [-0.39, 0.29) is 0 Å². The molecule has 15 heavy (non-hydrogen) atoms. The maximum absolute atomic E-state index is 5.31. The van der Waals surface area contributed by atoms with Crippen molar-refractivity contribution in [3.8, 4) is 17.0 Å². The lowest BCUT2D eigenvalue weighted by molar-refractivity contribution is 0.412. The molecule has 1 aromatic carbocycles. The Balaban J connectivity index is 2.58. The van der Waals surface area contributed by atoms with Gasteiger partial charge in [0.25, 0.3) is 0 Å². The molecule has 0 atom stereocenters. The van der Waals surface area contributed by atoms with Crippen molar-refractivity contribution in [2.75, 3.05) is 7.11 Å². The summed E-state index contributed by atoms with van der Waals surface area (Å²) in [6.45, 7) is 2.08. The van der Waals surface area contributed by atoms with Crippen LogP contribution in [0.15, 0.2) is 36.5 Å². The molecule has 0 aliphatic carbocycles. The molecular formula is C13H15NO. The van der Waals surface area contributed by atoms with Gasteiger partial charge in [0, 0.05) is 18.8 Å². The van der Waals surface area contributed by atoms with E-state index >= 15 is 0 Å². The van der Waals surface area contributed by atoms with Gasteiger partial charge in [-0.1, -0.05) is 30.3 Å². The van der Waals surface area contributed by atoms with Crippen LogP contribution in [0.5, 0.6) is 5.75 Å². The standard InChI is InChI=1S/C13H15NO/c1-10-12(15-3)9-14(2)13(10)11-7-5-4-6-8-11/h4-9H,1-3H3. The lowest BCUT2D eigenvalue weighted by Crippen LogP contribution is -1.90. The number of ether oxygens (including phenoxy) is 1. The molecule has 0 saturated heterocycles. The SMILES string of the molecule is COc1cn(C)c(-c2ccccc2)c1C. The van der Waals surface area contributed by atoms with Crippen LogP contribution >= 0.6 is 0 Å². The first-order chi connectivity index (χ1) is 7.24. The number of aromatic nitrogens is 1. The highest BCUT2D eigenvalue weighted by molar-refractivity contribution is 5.67. The summed E-state index contributed by atoms with van der Waals surface area (Å²) in [4.78, 5) is 0. The lowest BCUT2D eigenvalue weighted by atomic mass is 10.1. The lowest BCUT2D eigenvalue weighted by Gasteiger charge is -2.04. The third-order valence-electron chi connectivity index (χ3n) is 2.66. The monoisotopic (exact) mass is 201 g/mol. The van der Waals surface area contributed by atoms with Crippen LogP contribution in [0.2, 0.25) is 0 Å². The zero-order valence-corrected chi connectivity index (χ0v) is 9.32. The van der Waals surface area contributed by atoms with Gasteiger partial charge < -0.3 is 9.30 Å². The van der Waals surface area contributed by atoms with Crippen LogP contribution in [0.4, 0.5) is 0 Å². The fraction of sp³-hybridized carbons (Fsp3) is 0.231. The van der Waals surface area contributed by atoms with E-state index in [0.717, 1.165) is 5.75 Å². The van der Waals surface area contributed by atoms with E-state index < -0.39 is 0 Å². The number of methoxy groups -OCH3 is 1. The average Bonchev–Trinajstić information content (AvgIpc) is 2.55. The minimum Gasteiger partial charge on any atom is -0.495 e. The maximum Gasteiger partial charge on any atom is 0.140 e. The van der Waals surface area contributed by atoms with Gasteiger partial charge >= 0.3 is 0 Å². The molecule has 1 heterocycles. The molecule has 0 spiro atoms. The summed E-state index contributed by atoms with van der Waals surface area (Å²) in [5, 5.41) is 0. The van der Waals surface area contributed by atoms with Crippen LogP contribution in [0.1, 0.15) is 5.56 Å². The highest BCUT2D eigenvalue weighted by atomic mass is 16.5. The quantitative estimate of drug-likeness (QED) is 0.728. The predicted molar refractivity (Wildman–Crippen MR) is 62.1 cm³/mol. The van der Waals surface area contributed by atoms with E-state index in [1.165, 1.54) is 16.8 Å². The Bertz CT molecular complexity index is 457. The zero-order valence-electron chi connectivity index (χ0n) is 9.32. The molecule has 0 fully saturated rings. The van der Waals surface area contributed by atoms with Crippen molar-refractivity contribution >= 4 is 0 Å².